The number of amides is 1. The van der Waals surface area contributed by atoms with Crippen LogP contribution >= 0.6 is 0 Å². The number of hydrogen-bond acceptors (Lipinski definition) is 7. The maximum Gasteiger partial charge on any atom is 0.319 e. The lowest BCUT2D eigenvalue weighted by atomic mass is 10.2. The second-order valence-electron chi connectivity index (χ2n) is 4.79. The summed E-state index contributed by atoms with van der Waals surface area (Å²) in [4.78, 5) is 13.1. The van der Waals surface area contributed by atoms with Crippen LogP contribution in [0.4, 0.5) is 6.01 Å². The molecule has 0 aromatic carbocycles. The number of morpholine rings is 1. The van der Waals surface area contributed by atoms with Crippen LogP contribution in [0.25, 0.3) is 0 Å². The smallest absolute Gasteiger partial charge is 0.319 e. The zero-order valence-corrected chi connectivity index (χ0v) is 11.8. The van der Waals surface area contributed by atoms with Crippen molar-refractivity contribution in [1.82, 2.24) is 15.5 Å². The monoisotopic (exact) mass is 283 g/mol. The number of rotatable bonds is 6. The normalized spacial score (nSPS) is 20.9. The fraction of sp³-hybridized carbons (Fsp3) is 0.750. The van der Waals surface area contributed by atoms with Gasteiger partial charge in [0.1, 0.15) is 6.04 Å². The van der Waals surface area contributed by atoms with E-state index in [1.165, 1.54) is 0 Å². The highest BCUT2D eigenvalue weighted by molar-refractivity contribution is 5.83. The zero-order chi connectivity index (χ0) is 14.5. The van der Waals surface area contributed by atoms with Gasteiger partial charge in [-0.15, -0.1) is 5.10 Å². The minimum absolute atomic E-state index is 0.0238. The van der Waals surface area contributed by atoms with Crippen molar-refractivity contribution in [2.75, 3.05) is 31.2 Å². The van der Waals surface area contributed by atoms with Crippen molar-refractivity contribution < 1.29 is 13.9 Å². The first-order chi connectivity index (χ1) is 9.63. The van der Waals surface area contributed by atoms with Crippen LogP contribution in [-0.4, -0.2) is 48.4 Å². The van der Waals surface area contributed by atoms with Gasteiger partial charge in [0, 0.05) is 6.54 Å². The number of anilines is 1. The largest absolute Gasteiger partial charge is 0.406 e. The minimum Gasteiger partial charge on any atom is -0.406 e. The Morgan fingerprint density at radius 1 is 1.60 bits per heavy atom. The summed E-state index contributed by atoms with van der Waals surface area (Å²) in [5.74, 6) is 0.0461. The Balaban J connectivity index is 2.08. The molecule has 1 fully saturated rings. The molecule has 0 saturated carbocycles. The summed E-state index contributed by atoms with van der Waals surface area (Å²) >= 11 is 0. The van der Waals surface area contributed by atoms with Gasteiger partial charge in [0.2, 0.25) is 11.8 Å². The summed E-state index contributed by atoms with van der Waals surface area (Å²) in [6.45, 7) is 6.18. The summed E-state index contributed by atoms with van der Waals surface area (Å²) in [6.07, 6.45) is 1.03. The summed E-state index contributed by atoms with van der Waals surface area (Å²) in [7, 11) is 0. The molecule has 0 bridgehead atoms. The van der Waals surface area contributed by atoms with Crippen LogP contribution in [0, 0.1) is 0 Å². The average Bonchev–Trinajstić information content (AvgIpc) is 2.94. The Morgan fingerprint density at radius 3 is 3.10 bits per heavy atom. The summed E-state index contributed by atoms with van der Waals surface area (Å²) in [5, 5.41) is 11.3. The van der Waals surface area contributed by atoms with Crippen molar-refractivity contribution in [3.8, 4) is 0 Å². The molecule has 2 rings (SSSR count). The van der Waals surface area contributed by atoms with Crippen molar-refractivity contribution in [3.63, 3.8) is 0 Å². The number of nitrogens with one attached hydrogen (secondary N) is 1. The average molecular weight is 283 g/mol. The molecule has 8 heteroatoms. The molecule has 0 spiro atoms. The molecular formula is C12H21N5O3. The van der Waals surface area contributed by atoms with E-state index in [1.54, 1.807) is 4.90 Å². The van der Waals surface area contributed by atoms with Gasteiger partial charge in [-0.1, -0.05) is 12.0 Å². The number of nitrogens with zero attached hydrogens (tertiary/aromatic N) is 3. The van der Waals surface area contributed by atoms with Crippen LogP contribution < -0.4 is 16.0 Å². The van der Waals surface area contributed by atoms with Gasteiger partial charge in [-0.3, -0.25) is 4.79 Å². The van der Waals surface area contributed by atoms with E-state index in [4.69, 9.17) is 14.9 Å². The molecule has 1 aromatic rings. The number of nitrogens with two attached hydrogens (primary N) is 1. The molecular weight excluding hydrogens is 262 g/mol. The van der Waals surface area contributed by atoms with Crippen molar-refractivity contribution in [2.45, 2.75) is 32.4 Å². The third kappa shape index (κ3) is 3.26. The van der Waals surface area contributed by atoms with Gasteiger partial charge in [-0.05, 0) is 19.9 Å². The van der Waals surface area contributed by atoms with E-state index in [2.05, 4.69) is 22.4 Å². The van der Waals surface area contributed by atoms with E-state index in [0.717, 1.165) is 13.0 Å². The molecule has 0 aliphatic carbocycles. The molecule has 1 aliphatic heterocycles. The van der Waals surface area contributed by atoms with E-state index < -0.39 is 11.9 Å². The van der Waals surface area contributed by atoms with E-state index in [0.29, 0.717) is 25.1 Å². The lowest BCUT2D eigenvalue weighted by Gasteiger charge is -2.31. The second kappa shape index (κ2) is 6.67. The molecule has 3 N–H and O–H groups in total. The number of aromatic nitrogens is 2. The molecule has 1 saturated heterocycles. The fourth-order valence-corrected chi connectivity index (χ4v) is 2.03. The second-order valence-corrected chi connectivity index (χ2v) is 4.79. The number of hydrogen-bond donors (Lipinski definition) is 2. The minimum atomic E-state index is -0.559. The SMILES string of the molecule is CCCNC(C)c1nnc(N2CCOCC2C(N)=O)o1. The van der Waals surface area contributed by atoms with Crippen LogP contribution in [0.5, 0.6) is 0 Å². The highest BCUT2D eigenvalue weighted by Crippen LogP contribution is 2.21. The van der Waals surface area contributed by atoms with Crippen LogP contribution in [0.2, 0.25) is 0 Å². The molecule has 2 atom stereocenters. The fourth-order valence-electron chi connectivity index (χ4n) is 2.03. The molecule has 1 amide bonds. The van der Waals surface area contributed by atoms with E-state index >= 15 is 0 Å². The zero-order valence-electron chi connectivity index (χ0n) is 11.8. The van der Waals surface area contributed by atoms with E-state index in [9.17, 15) is 4.79 Å². The lowest BCUT2D eigenvalue weighted by molar-refractivity contribution is -0.121. The standard InChI is InChI=1S/C12H21N5O3/c1-3-4-14-8(2)11-15-16-12(20-11)17-5-6-19-7-9(17)10(13)18/h8-9,14H,3-7H2,1-2H3,(H2,13,18). The van der Waals surface area contributed by atoms with Crippen LogP contribution in [0.1, 0.15) is 32.2 Å². The number of carbonyl (C=O) groups excluding carboxylic acids is 1. The molecule has 20 heavy (non-hydrogen) atoms. The van der Waals surface area contributed by atoms with Crippen molar-refractivity contribution in [1.29, 1.82) is 0 Å². The van der Waals surface area contributed by atoms with Crippen LogP contribution in [-0.2, 0) is 9.53 Å². The van der Waals surface area contributed by atoms with Gasteiger partial charge in [0.15, 0.2) is 0 Å². The molecule has 2 heterocycles. The van der Waals surface area contributed by atoms with Gasteiger partial charge in [-0.2, -0.15) is 0 Å². The molecule has 0 radical (unpaired) electrons. The Bertz CT molecular complexity index is 450. The van der Waals surface area contributed by atoms with Gasteiger partial charge < -0.3 is 25.1 Å². The van der Waals surface area contributed by atoms with E-state index in [1.807, 2.05) is 6.92 Å². The quantitative estimate of drug-likeness (QED) is 0.745. The predicted molar refractivity (Wildman–Crippen MR) is 72.2 cm³/mol. The Kier molecular flexibility index (Phi) is 4.91. The first kappa shape index (κ1) is 14.7. The molecule has 2 unspecified atom stereocenters. The highest BCUT2D eigenvalue weighted by atomic mass is 16.5. The maximum atomic E-state index is 11.4. The van der Waals surface area contributed by atoms with Gasteiger partial charge in [0.25, 0.3) is 0 Å². The van der Waals surface area contributed by atoms with Crippen molar-refractivity contribution >= 4 is 11.9 Å². The first-order valence-electron chi connectivity index (χ1n) is 6.84. The van der Waals surface area contributed by atoms with Gasteiger partial charge in [0.05, 0.1) is 19.3 Å². The Labute approximate surface area is 117 Å². The summed E-state index contributed by atoms with van der Waals surface area (Å²) in [5.41, 5.74) is 5.36. The third-order valence-corrected chi connectivity index (χ3v) is 3.20. The predicted octanol–water partition coefficient (Wildman–Crippen LogP) is -0.179. The molecule has 112 valence electrons. The summed E-state index contributed by atoms with van der Waals surface area (Å²) < 4.78 is 10.9. The van der Waals surface area contributed by atoms with Crippen molar-refractivity contribution in [3.05, 3.63) is 5.89 Å². The molecule has 8 nitrogen and oxygen atoms in total. The highest BCUT2D eigenvalue weighted by Gasteiger charge is 2.31. The van der Waals surface area contributed by atoms with Gasteiger partial charge >= 0.3 is 6.01 Å². The maximum absolute atomic E-state index is 11.4. The van der Waals surface area contributed by atoms with Crippen LogP contribution in [0.15, 0.2) is 4.42 Å². The number of primary amides is 1. The summed E-state index contributed by atoms with van der Waals surface area (Å²) in [6, 6.07) is -0.266. The van der Waals surface area contributed by atoms with Crippen molar-refractivity contribution in [2.24, 2.45) is 5.73 Å². The number of ether oxygens (including phenoxy) is 1. The Hall–Kier alpha value is -1.67. The number of carbonyl (C=O) groups is 1. The first-order valence-corrected chi connectivity index (χ1v) is 6.84. The molecule has 1 aromatic heterocycles. The van der Waals surface area contributed by atoms with Crippen LogP contribution in [0.3, 0.4) is 0 Å². The van der Waals surface area contributed by atoms with Gasteiger partial charge in [-0.25, -0.2) is 0 Å². The lowest BCUT2D eigenvalue weighted by Crippen LogP contribution is -2.52. The third-order valence-electron chi connectivity index (χ3n) is 3.20. The molecule has 1 aliphatic rings. The van der Waals surface area contributed by atoms with E-state index in [-0.39, 0.29) is 12.6 Å². The Morgan fingerprint density at radius 2 is 2.40 bits per heavy atom. The topological polar surface area (TPSA) is 107 Å².